The summed E-state index contributed by atoms with van der Waals surface area (Å²) in [6, 6.07) is 8.25. The van der Waals surface area contributed by atoms with E-state index in [0.717, 1.165) is 16.7 Å². The number of carbonyl (C=O) groups is 1. The van der Waals surface area contributed by atoms with Gasteiger partial charge in [-0.2, -0.15) is 5.10 Å². The highest BCUT2D eigenvalue weighted by molar-refractivity contribution is 5.65. The lowest BCUT2D eigenvalue weighted by Gasteiger charge is -2.25. The van der Waals surface area contributed by atoms with Gasteiger partial charge in [-0.25, -0.2) is 9.18 Å². The van der Waals surface area contributed by atoms with Gasteiger partial charge >= 0.3 is 11.8 Å². The molecule has 0 fully saturated rings. The van der Waals surface area contributed by atoms with Gasteiger partial charge in [0.1, 0.15) is 19.1 Å². The summed E-state index contributed by atoms with van der Waals surface area (Å²) in [6.07, 6.45) is 1.06. The van der Waals surface area contributed by atoms with Crippen LogP contribution in [0.15, 0.2) is 42.7 Å². The lowest BCUT2D eigenvalue weighted by atomic mass is 10.1. The molecule has 1 heterocycles. The van der Waals surface area contributed by atoms with Crippen LogP contribution in [0.25, 0.3) is 0 Å². The van der Waals surface area contributed by atoms with Crippen molar-refractivity contribution in [2.24, 2.45) is 0 Å². The average molecular weight is 322 g/mol. The second-order valence-electron chi connectivity index (χ2n) is 4.78. The van der Waals surface area contributed by atoms with Crippen molar-refractivity contribution in [2.45, 2.75) is 6.04 Å². The van der Waals surface area contributed by atoms with E-state index in [-0.39, 0.29) is 18.8 Å². The van der Waals surface area contributed by atoms with E-state index in [2.05, 4.69) is 5.10 Å². The maximum atomic E-state index is 12.6. The molecule has 0 saturated heterocycles. The van der Waals surface area contributed by atoms with Crippen molar-refractivity contribution < 1.29 is 19.2 Å². The van der Waals surface area contributed by atoms with E-state index in [9.17, 15) is 19.3 Å². The Kier molecular flexibility index (Phi) is 5.23. The fraction of sp³-hybridized carbons (Fsp3) is 0.286. The Morgan fingerprint density at radius 2 is 2.13 bits per heavy atom. The van der Waals surface area contributed by atoms with Crippen LogP contribution in [0.3, 0.4) is 0 Å². The minimum absolute atomic E-state index is 0.0674. The summed E-state index contributed by atoms with van der Waals surface area (Å²) in [4.78, 5) is 22.4. The standard InChI is InChI=1S/C14H15FN4O4/c15-6-7-17(14(20)21)10-13(11-4-2-1-3-5-11)18-9-12(8-16-18)19(22)23/h1-5,8-9,13H,6-7,10H2,(H,20,21). The Morgan fingerprint density at radius 1 is 1.43 bits per heavy atom. The van der Waals surface area contributed by atoms with Crippen LogP contribution in [0.1, 0.15) is 11.6 Å². The van der Waals surface area contributed by atoms with Gasteiger partial charge in [0, 0.05) is 0 Å². The van der Waals surface area contributed by atoms with Crippen molar-refractivity contribution in [1.29, 1.82) is 0 Å². The maximum absolute atomic E-state index is 12.6. The van der Waals surface area contributed by atoms with Gasteiger partial charge in [0.15, 0.2) is 0 Å². The third-order valence-corrected chi connectivity index (χ3v) is 3.32. The molecular weight excluding hydrogens is 307 g/mol. The molecule has 1 aromatic heterocycles. The molecule has 122 valence electrons. The van der Waals surface area contributed by atoms with E-state index in [4.69, 9.17) is 5.11 Å². The molecule has 0 bridgehead atoms. The number of nitro groups is 1. The Morgan fingerprint density at radius 3 is 2.65 bits per heavy atom. The summed E-state index contributed by atoms with van der Waals surface area (Å²) in [5, 5.41) is 23.9. The van der Waals surface area contributed by atoms with Crippen LogP contribution in [0, 0.1) is 10.1 Å². The van der Waals surface area contributed by atoms with E-state index in [1.54, 1.807) is 30.3 Å². The van der Waals surface area contributed by atoms with E-state index < -0.39 is 23.7 Å². The minimum Gasteiger partial charge on any atom is -0.465 e. The number of alkyl halides is 1. The topological polar surface area (TPSA) is 102 Å². The lowest BCUT2D eigenvalue weighted by Crippen LogP contribution is -2.37. The molecule has 1 atom stereocenters. The first kappa shape index (κ1) is 16.4. The van der Waals surface area contributed by atoms with Crippen molar-refractivity contribution in [2.75, 3.05) is 19.8 Å². The van der Waals surface area contributed by atoms with Crippen LogP contribution in [-0.2, 0) is 0 Å². The predicted molar refractivity (Wildman–Crippen MR) is 79.0 cm³/mol. The molecule has 1 amide bonds. The van der Waals surface area contributed by atoms with Crippen LogP contribution in [0.4, 0.5) is 14.9 Å². The molecule has 0 spiro atoms. The first-order valence-corrected chi connectivity index (χ1v) is 6.80. The molecule has 8 nitrogen and oxygen atoms in total. The molecule has 0 aliphatic carbocycles. The zero-order chi connectivity index (χ0) is 16.8. The monoisotopic (exact) mass is 322 g/mol. The van der Waals surface area contributed by atoms with Crippen molar-refractivity contribution in [3.63, 3.8) is 0 Å². The Balaban J connectivity index is 2.35. The Bertz CT molecular complexity index is 676. The fourth-order valence-electron chi connectivity index (χ4n) is 2.19. The molecular formula is C14H15FN4O4. The minimum atomic E-state index is -1.26. The summed E-state index contributed by atoms with van der Waals surface area (Å²) >= 11 is 0. The number of aromatic nitrogens is 2. The van der Waals surface area contributed by atoms with Crippen LogP contribution in [-0.4, -0.2) is 50.6 Å². The zero-order valence-electron chi connectivity index (χ0n) is 12.1. The molecule has 2 aromatic rings. The van der Waals surface area contributed by atoms with Crippen LogP contribution in [0.2, 0.25) is 0 Å². The SMILES string of the molecule is O=C(O)N(CCF)CC(c1ccccc1)n1cc([N+](=O)[O-])cn1. The maximum Gasteiger partial charge on any atom is 0.407 e. The highest BCUT2D eigenvalue weighted by Crippen LogP contribution is 2.21. The van der Waals surface area contributed by atoms with Gasteiger partial charge in [0.25, 0.3) is 0 Å². The van der Waals surface area contributed by atoms with Gasteiger partial charge < -0.3 is 10.0 Å². The molecule has 1 N–H and O–H groups in total. The smallest absolute Gasteiger partial charge is 0.407 e. The number of rotatable bonds is 7. The van der Waals surface area contributed by atoms with Crippen molar-refractivity contribution in [3.05, 3.63) is 58.4 Å². The first-order chi connectivity index (χ1) is 11.0. The summed E-state index contributed by atoms with van der Waals surface area (Å²) in [5.41, 5.74) is 0.522. The van der Waals surface area contributed by atoms with Crippen molar-refractivity contribution >= 4 is 11.8 Å². The number of halogens is 1. The Labute approximate surface area is 130 Å². The molecule has 2 rings (SSSR count). The molecule has 0 aliphatic rings. The summed E-state index contributed by atoms with van der Waals surface area (Å²) in [5.74, 6) is 0. The Hall–Kier alpha value is -2.97. The van der Waals surface area contributed by atoms with E-state index in [1.165, 1.54) is 10.9 Å². The highest BCUT2D eigenvalue weighted by atomic mass is 19.1. The number of carboxylic acid groups (broad SMARTS) is 1. The lowest BCUT2D eigenvalue weighted by molar-refractivity contribution is -0.385. The van der Waals surface area contributed by atoms with Crippen LogP contribution >= 0.6 is 0 Å². The molecule has 1 aromatic carbocycles. The summed E-state index contributed by atoms with van der Waals surface area (Å²) < 4.78 is 13.9. The van der Waals surface area contributed by atoms with Gasteiger partial charge in [0.05, 0.1) is 24.1 Å². The van der Waals surface area contributed by atoms with Gasteiger partial charge in [-0.05, 0) is 5.56 Å². The number of nitrogens with zero attached hydrogens (tertiary/aromatic N) is 4. The predicted octanol–water partition coefficient (Wildman–Crippen LogP) is 2.33. The number of benzene rings is 1. The zero-order valence-corrected chi connectivity index (χ0v) is 12.1. The summed E-state index contributed by atoms with van der Waals surface area (Å²) in [7, 11) is 0. The number of hydrogen-bond donors (Lipinski definition) is 1. The third-order valence-electron chi connectivity index (χ3n) is 3.32. The largest absolute Gasteiger partial charge is 0.465 e. The fourth-order valence-corrected chi connectivity index (χ4v) is 2.19. The van der Waals surface area contributed by atoms with Gasteiger partial charge in [-0.15, -0.1) is 0 Å². The molecule has 1 unspecified atom stereocenters. The molecule has 0 saturated carbocycles. The van der Waals surface area contributed by atoms with E-state index in [1.807, 2.05) is 0 Å². The van der Waals surface area contributed by atoms with E-state index >= 15 is 0 Å². The van der Waals surface area contributed by atoms with Gasteiger partial charge in [-0.3, -0.25) is 14.8 Å². The van der Waals surface area contributed by atoms with Crippen molar-refractivity contribution in [1.82, 2.24) is 14.7 Å². The quantitative estimate of drug-likeness (QED) is 0.622. The first-order valence-electron chi connectivity index (χ1n) is 6.80. The van der Waals surface area contributed by atoms with Crippen molar-refractivity contribution in [3.8, 4) is 0 Å². The second kappa shape index (κ2) is 7.34. The average Bonchev–Trinajstić information content (AvgIpc) is 3.02. The van der Waals surface area contributed by atoms with Gasteiger partial charge in [0.2, 0.25) is 0 Å². The number of amides is 1. The highest BCUT2D eigenvalue weighted by Gasteiger charge is 2.23. The normalized spacial score (nSPS) is 11.9. The molecule has 23 heavy (non-hydrogen) atoms. The summed E-state index contributed by atoms with van der Waals surface area (Å²) in [6.45, 7) is -1.16. The number of hydrogen-bond acceptors (Lipinski definition) is 4. The third kappa shape index (κ3) is 4.02. The van der Waals surface area contributed by atoms with Crippen LogP contribution in [0.5, 0.6) is 0 Å². The molecule has 9 heteroatoms. The molecule has 0 radical (unpaired) electrons. The second-order valence-corrected chi connectivity index (χ2v) is 4.78. The van der Waals surface area contributed by atoms with Crippen LogP contribution < -0.4 is 0 Å². The van der Waals surface area contributed by atoms with Gasteiger partial charge in [-0.1, -0.05) is 30.3 Å². The molecule has 0 aliphatic heterocycles. The van der Waals surface area contributed by atoms with E-state index in [0.29, 0.717) is 0 Å².